The normalized spacial score (nSPS) is 17.6. The van der Waals surface area contributed by atoms with Crippen molar-refractivity contribution in [2.24, 2.45) is 0 Å². The van der Waals surface area contributed by atoms with Crippen molar-refractivity contribution in [2.45, 2.75) is 19.4 Å². The molecule has 0 aliphatic carbocycles. The van der Waals surface area contributed by atoms with Gasteiger partial charge >= 0.3 is 0 Å². The Balaban J connectivity index is 1.93. The van der Waals surface area contributed by atoms with Gasteiger partial charge in [0.15, 0.2) is 0 Å². The summed E-state index contributed by atoms with van der Waals surface area (Å²) in [7, 11) is 0. The van der Waals surface area contributed by atoms with Crippen molar-refractivity contribution >= 4 is 29.1 Å². The molecule has 1 atom stereocenters. The van der Waals surface area contributed by atoms with Crippen LogP contribution in [0.3, 0.4) is 0 Å². The summed E-state index contributed by atoms with van der Waals surface area (Å²) in [6, 6.07) is 6.85. The number of benzene rings is 1. The quantitative estimate of drug-likeness (QED) is 0.824. The summed E-state index contributed by atoms with van der Waals surface area (Å²) in [5.74, 6) is -0.386. The Morgan fingerprint density at radius 1 is 1.39 bits per heavy atom. The maximum atomic E-state index is 12.5. The SMILES string of the molecule is CCCN(CC(=O)Nc1ccc(Cl)cc1)C(=O)C1CNCCO1. The molecule has 1 aromatic rings. The first-order chi connectivity index (χ1) is 11.1. The van der Waals surface area contributed by atoms with Gasteiger partial charge in [-0.05, 0) is 30.7 Å². The Hall–Kier alpha value is -1.63. The largest absolute Gasteiger partial charge is 0.366 e. The topological polar surface area (TPSA) is 70.7 Å². The fraction of sp³-hybridized carbons (Fsp3) is 0.500. The maximum Gasteiger partial charge on any atom is 0.253 e. The minimum absolute atomic E-state index is 0.00909. The highest BCUT2D eigenvalue weighted by Crippen LogP contribution is 2.13. The highest BCUT2D eigenvalue weighted by atomic mass is 35.5. The molecule has 1 fully saturated rings. The van der Waals surface area contributed by atoms with Crippen LogP contribution in [0.25, 0.3) is 0 Å². The molecular formula is C16H22ClN3O3. The van der Waals surface area contributed by atoms with Crippen LogP contribution in [0.2, 0.25) is 5.02 Å². The van der Waals surface area contributed by atoms with E-state index in [1.165, 1.54) is 0 Å². The standard InChI is InChI=1S/C16H22ClN3O3/c1-2-8-20(16(22)14-10-18-7-9-23-14)11-15(21)19-13-5-3-12(17)4-6-13/h3-6,14,18H,2,7-11H2,1H3,(H,19,21). The number of amides is 2. The average Bonchev–Trinajstić information content (AvgIpc) is 2.57. The molecule has 2 N–H and O–H groups in total. The zero-order chi connectivity index (χ0) is 16.7. The molecule has 6 nitrogen and oxygen atoms in total. The number of halogens is 1. The molecule has 23 heavy (non-hydrogen) atoms. The molecule has 2 rings (SSSR count). The molecule has 0 bridgehead atoms. The van der Waals surface area contributed by atoms with E-state index in [1.54, 1.807) is 29.2 Å². The van der Waals surface area contributed by atoms with Crippen molar-refractivity contribution in [1.29, 1.82) is 0 Å². The van der Waals surface area contributed by atoms with Crippen LogP contribution in [-0.2, 0) is 14.3 Å². The molecule has 126 valence electrons. The highest BCUT2D eigenvalue weighted by molar-refractivity contribution is 6.30. The van der Waals surface area contributed by atoms with Crippen LogP contribution in [0.15, 0.2) is 24.3 Å². The smallest absolute Gasteiger partial charge is 0.253 e. The lowest BCUT2D eigenvalue weighted by molar-refractivity contribution is -0.147. The van der Waals surface area contributed by atoms with Gasteiger partial charge in [-0.1, -0.05) is 18.5 Å². The molecule has 1 unspecified atom stereocenters. The van der Waals surface area contributed by atoms with Crippen molar-refractivity contribution in [3.05, 3.63) is 29.3 Å². The predicted molar refractivity (Wildman–Crippen MR) is 89.6 cm³/mol. The number of hydrogen-bond donors (Lipinski definition) is 2. The molecule has 1 saturated heterocycles. The monoisotopic (exact) mass is 339 g/mol. The number of hydrogen-bond acceptors (Lipinski definition) is 4. The average molecular weight is 340 g/mol. The summed E-state index contributed by atoms with van der Waals surface area (Å²) in [6.45, 7) is 4.24. The van der Waals surface area contributed by atoms with Crippen LogP contribution in [-0.4, -0.2) is 55.6 Å². The molecule has 1 heterocycles. The van der Waals surface area contributed by atoms with Crippen LogP contribution in [0, 0.1) is 0 Å². The van der Waals surface area contributed by atoms with E-state index < -0.39 is 6.10 Å². The first kappa shape index (κ1) is 17.7. The van der Waals surface area contributed by atoms with Crippen molar-refractivity contribution in [3.8, 4) is 0 Å². The Kier molecular flexibility index (Phi) is 6.83. The van der Waals surface area contributed by atoms with E-state index in [0.29, 0.717) is 30.4 Å². The second kappa shape index (κ2) is 8.86. The molecule has 0 spiro atoms. The molecule has 0 radical (unpaired) electrons. The maximum absolute atomic E-state index is 12.5. The highest BCUT2D eigenvalue weighted by Gasteiger charge is 2.27. The van der Waals surface area contributed by atoms with Crippen LogP contribution in [0.1, 0.15) is 13.3 Å². The summed E-state index contributed by atoms with van der Waals surface area (Å²) in [4.78, 5) is 26.2. The van der Waals surface area contributed by atoms with E-state index >= 15 is 0 Å². The predicted octanol–water partition coefficient (Wildman–Crippen LogP) is 1.51. The van der Waals surface area contributed by atoms with Gasteiger partial charge in [0.1, 0.15) is 6.10 Å². The Morgan fingerprint density at radius 2 is 2.13 bits per heavy atom. The minimum Gasteiger partial charge on any atom is -0.366 e. The third-order valence-electron chi connectivity index (χ3n) is 3.47. The lowest BCUT2D eigenvalue weighted by Crippen LogP contribution is -2.51. The number of carbonyl (C=O) groups is 2. The van der Waals surface area contributed by atoms with Crippen LogP contribution in [0.4, 0.5) is 5.69 Å². The lowest BCUT2D eigenvalue weighted by atomic mass is 10.2. The summed E-state index contributed by atoms with van der Waals surface area (Å²) in [6.07, 6.45) is 0.263. The molecule has 1 aliphatic heterocycles. The summed E-state index contributed by atoms with van der Waals surface area (Å²) >= 11 is 5.82. The summed E-state index contributed by atoms with van der Waals surface area (Å²) < 4.78 is 5.48. The number of nitrogens with one attached hydrogen (secondary N) is 2. The second-order valence-electron chi connectivity index (χ2n) is 5.38. The lowest BCUT2D eigenvalue weighted by Gasteiger charge is -2.29. The van der Waals surface area contributed by atoms with Crippen molar-refractivity contribution in [1.82, 2.24) is 10.2 Å². The number of carbonyl (C=O) groups excluding carboxylic acids is 2. The van der Waals surface area contributed by atoms with Gasteiger partial charge in [0.25, 0.3) is 5.91 Å². The van der Waals surface area contributed by atoms with Gasteiger partial charge in [0.05, 0.1) is 13.2 Å². The Morgan fingerprint density at radius 3 is 2.74 bits per heavy atom. The van der Waals surface area contributed by atoms with Crippen LogP contribution < -0.4 is 10.6 Å². The first-order valence-electron chi connectivity index (χ1n) is 7.76. The third-order valence-corrected chi connectivity index (χ3v) is 3.72. The van der Waals surface area contributed by atoms with Gasteiger partial charge in [-0.15, -0.1) is 0 Å². The fourth-order valence-electron chi connectivity index (χ4n) is 2.37. The second-order valence-corrected chi connectivity index (χ2v) is 5.81. The third kappa shape index (κ3) is 5.49. The first-order valence-corrected chi connectivity index (χ1v) is 8.14. The fourth-order valence-corrected chi connectivity index (χ4v) is 2.50. The van der Waals surface area contributed by atoms with E-state index in [2.05, 4.69) is 10.6 Å². The minimum atomic E-state index is -0.515. The van der Waals surface area contributed by atoms with E-state index in [9.17, 15) is 9.59 Å². The van der Waals surface area contributed by atoms with Crippen molar-refractivity contribution in [2.75, 3.05) is 38.1 Å². The van der Waals surface area contributed by atoms with Gasteiger partial charge < -0.3 is 20.3 Å². The zero-order valence-corrected chi connectivity index (χ0v) is 13.9. The molecule has 7 heteroatoms. The van der Waals surface area contributed by atoms with Crippen molar-refractivity contribution in [3.63, 3.8) is 0 Å². The number of morpholine rings is 1. The Labute approximate surface area is 141 Å². The van der Waals surface area contributed by atoms with Crippen LogP contribution >= 0.6 is 11.6 Å². The summed E-state index contributed by atoms with van der Waals surface area (Å²) in [5, 5.41) is 6.50. The molecule has 1 aliphatic rings. The molecule has 0 saturated carbocycles. The number of anilines is 1. The van der Waals surface area contributed by atoms with Crippen LogP contribution in [0.5, 0.6) is 0 Å². The van der Waals surface area contributed by atoms with Gasteiger partial charge in [-0.25, -0.2) is 0 Å². The van der Waals surface area contributed by atoms with Crippen molar-refractivity contribution < 1.29 is 14.3 Å². The van der Waals surface area contributed by atoms with E-state index in [4.69, 9.17) is 16.3 Å². The van der Waals surface area contributed by atoms with Gasteiger partial charge in [-0.3, -0.25) is 9.59 Å². The molecular weight excluding hydrogens is 318 g/mol. The molecule has 0 aromatic heterocycles. The molecule has 1 aromatic carbocycles. The van der Waals surface area contributed by atoms with Gasteiger partial charge in [0.2, 0.25) is 5.91 Å². The van der Waals surface area contributed by atoms with E-state index in [1.807, 2.05) is 6.92 Å². The number of rotatable bonds is 6. The number of ether oxygens (including phenoxy) is 1. The van der Waals surface area contributed by atoms with E-state index in [-0.39, 0.29) is 18.4 Å². The van der Waals surface area contributed by atoms with Gasteiger partial charge in [0, 0.05) is 30.3 Å². The molecule has 2 amide bonds. The van der Waals surface area contributed by atoms with E-state index in [0.717, 1.165) is 13.0 Å². The number of nitrogens with zero attached hydrogens (tertiary/aromatic N) is 1. The Bertz CT molecular complexity index is 530. The summed E-state index contributed by atoms with van der Waals surface area (Å²) in [5.41, 5.74) is 0.652. The van der Waals surface area contributed by atoms with Gasteiger partial charge in [-0.2, -0.15) is 0 Å². The zero-order valence-electron chi connectivity index (χ0n) is 13.2.